The fourth-order valence-electron chi connectivity index (χ4n) is 2.45. The molecule has 2 heterocycles. The molecule has 0 radical (unpaired) electrons. The van der Waals surface area contributed by atoms with Crippen molar-refractivity contribution in [3.63, 3.8) is 0 Å². The Bertz CT molecular complexity index is 859. The topological polar surface area (TPSA) is 78.8 Å². The zero-order valence-corrected chi connectivity index (χ0v) is 13.6. The van der Waals surface area contributed by atoms with E-state index in [0.29, 0.717) is 29.9 Å². The maximum atomic E-state index is 13.5. The Morgan fingerprint density at radius 3 is 2.88 bits per heavy atom. The van der Waals surface area contributed by atoms with Gasteiger partial charge in [-0.1, -0.05) is 18.2 Å². The number of benzene rings is 1. The molecule has 0 aliphatic carbocycles. The van der Waals surface area contributed by atoms with E-state index < -0.39 is 10.0 Å². The maximum Gasteiger partial charge on any atom is 0.256 e. The number of carbonyl (C=O) groups is 1. The molecule has 24 heavy (non-hydrogen) atoms. The number of hydrogen-bond donors (Lipinski definition) is 1. The van der Waals surface area contributed by atoms with E-state index in [1.807, 2.05) is 0 Å². The number of fused-ring (bicyclic) bond motifs is 1. The summed E-state index contributed by atoms with van der Waals surface area (Å²) in [5.74, 6) is -0.360. The van der Waals surface area contributed by atoms with Crippen LogP contribution in [0.15, 0.2) is 52.6 Å². The Kier molecular flexibility index (Phi) is 4.48. The zero-order chi connectivity index (χ0) is 17.2. The van der Waals surface area contributed by atoms with Crippen molar-refractivity contribution in [2.45, 2.75) is 6.42 Å². The molecule has 3 rings (SSSR count). The molecule has 0 saturated carbocycles. The monoisotopic (exact) mass is 349 g/mol. The van der Waals surface area contributed by atoms with Gasteiger partial charge >= 0.3 is 0 Å². The van der Waals surface area contributed by atoms with Gasteiger partial charge in [0, 0.05) is 19.3 Å². The second kappa shape index (κ2) is 6.56. The number of nitrogens with one attached hydrogen (secondary N) is 1. The van der Waals surface area contributed by atoms with E-state index in [1.165, 1.54) is 18.2 Å². The molecule has 8 heteroatoms. The molecular weight excluding hydrogens is 333 g/mol. The summed E-state index contributed by atoms with van der Waals surface area (Å²) in [4.78, 5) is 13.8. The first-order valence-electron chi connectivity index (χ1n) is 7.45. The van der Waals surface area contributed by atoms with E-state index in [1.54, 1.807) is 29.3 Å². The molecule has 1 aromatic carbocycles. The standard InChI is InChI=1S/C16H16FN3O3S/c17-14-4-2-1-3-12(14)7-8-18-16(21)13-5-6-15-19-24(22,23)10-9-20(15)11-13/h1-6,11H,7-10H2,(H,18,21). The molecule has 0 spiro atoms. The molecule has 6 nitrogen and oxygen atoms in total. The zero-order valence-electron chi connectivity index (χ0n) is 12.8. The number of hydrogen-bond acceptors (Lipinski definition) is 4. The molecule has 0 aromatic heterocycles. The van der Waals surface area contributed by atoms with Crippen LogP contribution in [-0.4, -0.2) is 43.9 Å². The van der Waals surface area contributed by atoms with Crippen molar-refractivity contribution in [1.29, 1.82) is 0 Å². The highest BCUT2D eigenvalue weighted by molar-refractivity contribution is 7.90. The second-order valence-corrected chi connectivity index (χ2v) is 7.20. The minimum atomic E-state index is -3.41. The van der Waals surface area contributed by atoms with E-state index in [-0.39, 0.29) is 24.0 Å². The summed E-state index contributed by atoms with van der Waals surface area (Å²) in [6, 6.07) is 6.43. The number of carbonyl (C=O) groups excluding carboxylic acids is 1. The number of rotatable bonds is 4. The minimum absolute atomic E-state index is 0.0803. The fourth-order valence-corrected chi connectivity index (χ4v) is 3.42. The molecule has 1 amide bonds. The third kappa shape index (κ3) is 3.70. The van der Waals surface area contributed by atoms with Crippen LogP contribution in [0.1, 0.15) is 5.56 Å². The lowest BCUT2D eigenvalue weighted by molar-refractivity contribution is -0.117. The molecule has 1 N–H and O–H groups in total. The largest absolute Gasteiger partial charge is 0.352 e. The van der Waals surface area contributed by atoms with E-state index >= 15 is 0 Å². The lowest BCUT2D eigenvalue weighted by atomic mass is 10.1. The van der Waals surface area contributed by atoms with Crippen LogP contribution in [0, 0.1) is 5.82 Å². The molecular formula is C16H16FN3O3S. The summed E-state index contributed by atoms with van der Waals surface area (Å²) in [5.41, 5.74) is 0.948. The van der Waals surface area contributed by atoms with Crippen molar-refractivity contribution in [1.82, 2.24) is 10.2 Å². The predicted octanol–water partition coefficient (Wildman–Crippen LogP) is 0.982. The second-order valence-electron chi connectivity index (χ2n) is 5.44. The Morgan fingerprint density at radius 1 is 1.29 bits per heavy atom. The Morgan fingerprint density at radius 2 is 2.08 bits per heavy atom. The van der Waals surface area contributed by atoms with Gasteiger partial charge in [0.05, 0.1) is 11.3 Å². The van der Waals surface area contributed by atoms with Gasteiger partial charge in [0.1, 0.15) is 11.7 Å². The van der Waals surface area contributed by atoms with Crippen LogP contribution in [0.3, 0.4) is 0 Å². The van der Waals surface area contributed by atoms with Crippen molar-refractivity contribution in [3.05, 3.63) is 59.6 Å². The average molecular weight is 349 g/mol. The van der Waals surface area contributed by atoms with Crippen molar-refractivity contribution >= 4 is 21.8 Å². The van der Waals surface area contributed by atoms with Crippen LogP contribution in [-0.2, 0) is 21.2 Å². The molecule has 0 unspecified atom stereocenters. The Hall–Kier alpha value is -2.48. The lowest BCUT2D eigenvalue weighted by Crippen LogP contribution is -2.38. The number of amidine groups is 1. The minimum Gasteiger partial charge on any atom is -0.352 e. The van der Waals surface area contributed by atoms with Crippen LogP contribution in [0.25, 0.3) is 0 Å². The van der Waals surface area contributed by atoms with Gasteiger partial charge in [-0.25, -0.2) is 12.8 Å². The van der Waals surface area contributed by atoms with Gasteiger partial charge in [-0.15, -0.1) is 4.40 Å². The summed E-state index contributed by atoms with van der Waals surface area (Å²) in [6.07, 6.45) is 4.99. The van der Waals surface area contributed by atoms with Crippen molar-refractivity contribution in [2.24, 2.45) is 4.40 Å². The SMILES string of the molecule is O=C(NCCc1ccccc1F)C1=CN2CCS(=O)(=O)N=C2C=C1. The molecule has 2 aliphatic rings. The number of halogens is 1. The normalized spacial score (nSPS) is 18.5. The number of amides is 1. The van der Waals surface area contributed by atoms with Gasteiger partial charge in [-0.3, -0.25) is 4.79 Å². The Balaban J connectivity index is 1.60. The van der Waals surface area contributed by atoms with Crippen LogP contribution in [0.5, 0.6) is 0 Å². The predicted molar refractivity (Wildman–Crippen MR) is 88.3 cm³/mol. The van der Waals surface area contributed by atoms with E-state index in [9.17, 15) is 17.6 Å². The van der Waals surface area contributed by atoms with E-state index in [0.717, 1.165) is 0 Å². The molecule has 0 bridgehead atoms. The van der Waals surface area contributed by atoms with Gasteiger partial charge < -0.3 is 10.2 Å². The molecule has 0 fully saturated rings. The first-order valence-corrected chi connectivity index (χ1v) is 9.06. The third-order valence-electron chi connectivity index (χ3n) is 3.72. The highest BCUT2D eigenvalue weighted by Crippen LogP contribution is 2.15. The van der Waals surface area contributed by atoms with E-state index in [4.69, 9.17) is 0 Å². The molecule has 0 saturated heterocycles. The summed E-state index contributed by atoms with van der Waals surface area (Å²) in [5, 5.41) is 2.73. The number of nitrogens with zero attached hydrogens (tertiary/aromatic N) is 2. The van der Waals surface area contributed by atoms with Gasteiger partial charge in [0.2, 0.25) is 0 Å². The fraction of sp³-hybridized carbons (Fsp3) is 0.250. The van der Waals surface area contributed by atoms with Gasteiger partial charge in [-0.2, -0.15) is 0 Å². The molecule has 2 aliphatic heterocycles. The van der Waals surface area contributed by atoms with Gasteiger partial charge in [0.25, 0.3) is 15.9 Å². The Labute approximate surface area is 139 Å². The summed E-state index contributed by atoms with van der Waals surface area (Å²) >= 11 is 0. The van der Waals surface area contributed by atoms with Crippen molar-refractivity contribution < 1.29 is 17.6 Å². The van der Waals surface area contributed by atoms with Crippen molar-refractivity contribution in [2.75, 3.05) is 18.8 Å². The quantitative estimate of drug-likeness (QED) is 0.879. The molecule has 126 valence electrons. The average Bonchev–Trinajstić information content (AvgIpc) is 2.55. The van der Waals surface area contributed by atoms with Crippen LogP contribution in [0.2, 0.25) is 0 Å². The molecule has 1 aromatic rings. The number of sulfonamides is 1. The van der Waals surface area contributed by atoms with Crippen LogP contribution < -0.4 is 5.32 Å². The van der Waals surface area contributed by atoms with Gasteiger partial charge in [0.15, 0.2) is 0 Å². The van der Waals surface area contributed by atoms with Crippen LogP contribution in [0.4, 0.5) is 4.39 Å². The third-order valence-corrected chi connectivity index (χ3v) is 4.89. The highest BCUT2D eigenvalue weighted by Gasteiger charge is 2.24. The highest BCUT2D eigenvalue weighted by atomic mass is 32.2. The first kappa shape index (κ1) is 16.4. The van der Waals surface area contributed by atoms with Crippen LogP contribution >= 0.6 is 0 Å². The summed E-state index contributed by atoms with van der Waals surface area (Å²) in [6.45, 7) is 0.567. The van der Waals surface area contributed by atoms with Gasteiger partial charge in [-0.05, 0) is 30.2 Å². The molecule has 0 atom stereocenters. The maximum absolute atomic E-state index is 13.5. The smallest absolute Gasteiger partial charge is 0.256 e. The summed E-state index contributed by atoms with van der Waals surface area (Å²) in [7, 11) is -3.41. The summed E-state index contributed by atoms with van der Waals surface area (Å²) < 4.78 is 40.1. The van der Waals surface area contributed by atoms with E-state index in [2.05, 4.69) is 9.71 Å². The van der Waals surface area contributed by atoms with Crippen molar-refractivity contribution in [3.8, 4) is 0 Å². The first-order chi connectivity index (χ1) is 11.4. The lowest BCUT2D eigenvalue weighted by Gasteiger charge is -2.26.